The third-order valence-electron chi connectivity index (χ3n) is 0.825. The summed E-state index contributed by atoms with van der Waals surface area (Å²) in [6.07, 6.45) is 6.20. The van der Waals surface area contributed by atoms with Crippen molar-refractivity contribution in [3.05, 3.63) is 12.3 Å². The van der Waals surface area contributed by atoms with Gasteiger partial charge in [0.2, 0.25) is 0 Å². The number of allylic oxidation sites excluding steroid dienone is 1. The number of rotatable bonds is 0. The lowest BCUT2D eigenvalue weighted by atomic mass is 10.3. The molecule has 0 fully saturated rings. The van der Waals surface area contributed by atoms with Gasteiger partial charge in [0.05, 0.1) is 12.9 Å². The van der Waals surface area contributed by atoms with Gasteiger partial charge in [0.15, 0.2) is 0 Å². The van der Waals surface area contributed by atoms with E-state index in [2.05, 4.69) is 0 Å². The number of hydrogen-bond acceptors (Lipinski definition) is 1. The maximum Gasteiger partial charge on any atom is 0.0876 e. The van der Waals surface area contributed by atoms with Crippen LogP contribution in [0.4, 0.5) is 4.70 Å². The Bertz CT molecular complexity index is 53.1. The highest BCUT2D eigenvalue weighted by atomic mass is 19.0. The van der Waals surface area contributed by atoms with Crippen molar-refractivity contribution in [2.24, 2.45) is 0 Å². The molecule has 1 aliphatic rings. The molecule has 0 amide bonds. The van der Waals surface area contributed by atoms with Gasteiger partial charge < -0.3 is 4.74 Å². The second-order valence-electron chi connectivity index (χ2n) is 1.38. The fraction of sp³-hybridized carbons (Fsp3) is 0.600. The molecule has 0 spiro atoms. The molecular weight excluding hydrogens is 95.1 g/mol. The third-order valence-corrected chi connectivity index (χ3v) is 0.825. The largest absolute Gasteiger partial charge is 0.502 e. The van der Waals surface area contributed by atoms with Crippen molar-refractivity contribution < 1.29 is 9.44 Å². The Hall–Kier alpha value is -0.530. The van der Waals surface area contributed by atoms with E-state index in [1.54, 1.807) is 6.26 Å². The molecule has 7 heavy (non-hydrogen) atoms. The van der Waals surface area contributed by atoms with E-state index >= 15 is 0 Å². The van der Waals surface area contributed by atoms with Crippen LogP contribution in [0.1, 0.15) is 12.8 Å². The molecule has 0 aromatic heterocycles. The summed E-state index contributed by atoms with van der Waals surface area (Å²) in [7, 11) is 0. The van der Waals surface area contributed by atoms with Crippen LogP contribution >= 0.6 is 0 Å². The quantitative estimate of drug-likeness (QED) is 0.452. The van der Waals surface area contributed by atoms with Crippen molar-refractivity contribution in [3.63, 3.8) is 0 Å². The minimum Gasteiger partial charge on any atom is -0.502 e. The van der Waals surface area contributed by atoms with Crippen LogP contribution in [0.15, 0.2) is 12.3 Å². The zero-order valence-electron chi connectivity index (χ0n) is 4.09. The van der Waals surface area contributed by atoms with Gasteiger partial charge in [0.25, 0.3) is 0 Å². The standard InChI is InChI=1S/C5H8O.FH/c1-2-4-6-5-3-1;/h2,4H,1,3,5H2;1H. The van der Waals surface area contributed by atoms with E-state index in [-0.39, 0.29) is 4.70 Å². The highest BCUT2D eigenvalue weighted by Crippen LogP contribution is 1.97. The first-order chi connectivity index (χ1) is 3.00. The summed E-state index contributed by atoms with van der Waals surface area (Å²) in [6, 6.07) is 0. The molecule has 1 nitrogen and oxygen atoms in total. The number of ether oxygens (including phenoxy) is 1. The predicted molar refractivity (Wildman–Crippen MR) is 26.8 cm³/mol. The van der Waals surface area contributed by atoms with Gasteiger partial charge in [0, 0.05) is 0 Å². The summed E-state index contributed by atoms with van der Waals surface area (Å²) in [6.45, 7) is 0.913. The molecule has 0 radical (unpaired) electrons. The molecule has 1 rings (SSSR count). The smallest absolute Gasteiger partial charge is 0.0876 e. The van der Waals surface area contributed by atoms with Gasteiger partial charge in [-0.25, -0.2) is 0 Å². The molecule has 0 saturated heterocycles. The molecule has 2 heteroatoms. The molecule has 0 aromatic rings. The van der Waals surface area contributed by atoms with Crippen LogP contribution in [0.5, 0.6) is 0 Å². The molecule has 42 valence electrons. The molecule has 0 aromatic carbocycles. The van der Waals surface area contributed by atoms with E-state index in [9.17, 15) is 0 Å². The summed E-state index contributed by atoms with van der Waals surface area (Å²) >= 11 is 0. The second-order valence-corrected chi connectivity index (χ2v) is 1.38. The third kappa shape index (κ3) is 2.20. The monoisotopic (exact) mass is 104 g/mol. The summed E-state index contributed by atoms with van der Waals surface area (Å²) in [5.74, 6) is 0. The highest BCUT2D eigenvalue weighted by molar-refractivity contribution is 4.76. The van der Waals surface area contributed by atoms with Crippen molar-refractivity contribution in [2.45, 2.75) is 12.8 Å². The predicted octanol–water partition coefficient (Wildman–Crippen LogP) is 1.46. The van der Waals surface area contributed by atoms with E-state index in [0.717, 1.165) is 6.61 Å². The minimum atomic E-state index is 0. The average molecular weight is 104 g/mol. The van der Waals surface area contributed by atoms with Crippen LogP contribution in [-0.2, 0) is 4.74 Å². The lowest BCUT2D eigenvalue weighted by molar-refractivity contribution is 0.231. The van der Waals surface area contributed by atoms with Crippen molar-refractivity contribution >= 4 is 0 Å². The zero-order valence-corrected chi connectivity index (χ0v) is 4.09. The van der Waals surface area contributed by atoms with E-state index < -0.39 is 0 Å². The van der Waals surface area contributed by atoms with Gasteiger partial charge in [-0.15, -0.1) is 0 Å². The summed E-state index contributed by atoms with van der Waals surface area (Å²) in [4.78, 5) is 0. The first kappa shape index (κ1) is 6.47. The van der Waals surface area contributed by atoms with E-state index in [4.69, 9.17) is 4.74 Å². The van der Waals surface area contributed by atoms with E-state index in [1.807, 2.05) is 6.08 Å². The van der Waals surface area contributed by atoms with Gasteiger partial charge in [-0.1, -0.05) is 0 Å². The fourth-order valence-electron chi connectivity index (χ4n) is 0.489. The van der Waals surface area contributed by atoms with Crippen molar-refractivity contribution in [1.29, 1.82) is 0 Å². The number of halogens is 1. The van der Waals surface area contributed by atoms with Crippen molar-refractivity contribution in [2.75, 3.05) is 6.61 Å². The molecule has 0 N–H and O–H groups in total. The van der Waals surface area contributed by atoms with Crippen molar-refractivity contribution in [1.82, 2.24) is 0 Å². The minimum absolute atomic E-state index is 0. The fourth-order valence-corrected chi connectivity index (χ4v) is 0.489. The maximum absolute atomic E-state index is 4.89. The van der Waals surface area contributed by atoms with Gasteiger partial charge >= 0.3 is 0 Å². The van der Waals surface area contributed by atoms with E-state index in [0.29, 0.717) is 0 Å². The zero-order chi connectivity index (χ0) is 4.24. The summed E-state index contributed by atoms with van der Waals surface area (Å²) in [5, 5.41) is 0. The Morgan fingerprint density at radius 3 is 2.43 bits per heavy atom. The summed E-state index contributed by atoms with van der Waals surface area (Å²) < 4.78 is 4.89. The molecule has 0 bridgehead atoms. The Morgan fingerprint density at radius 1 is 1.43 bits per heavy atom. The summed E-state index contributed by atoms with van der Waals surface area (Å²) in [5.41, 5.74) is 0. The van der Waals surface area contributed by atoms with Gasteiger partial charge in [-0.2, -0.15) is 0 Å². The van der Waals surface area contributed by atoms with Crippen molar-refractivity contribution in [3.8, 4) is 0 Å². The molecule has 1 aliphatic heterocycles. The Kier molecular flexibility index (Phi) is 3.38. The second kappa shape index (κ2) is 3.65. The van der Waals surface area contributed by atoms with Crippen LogP contribution in [-0.4, -0.2) is 6.61 Å². The first-order valence-electron chi connectivity index (χ1n) is 2.27. The Labute approximate surface area is 42.3 Å². The molecule has 1 heterocycles. The van der Waals surface area contributed by atoms with Crippen LogP contribution in [0.3, 0.4) is 0 Å². The Morgan fingerprint density at radius 2 is 2.29 bits per heavy atom. The maximum atomic E-state index is 4.89. The van der Waals surface area contributed by atoms with Crippen LogP contribution in [0.2, 0.25) is 0 Å². The topological polar surface area (TPSA) is 9.23 Å². The lowest BCUT2D eigenvalue weighted by Gasteiger charge is -2.01. The SMILES string of the molecule is C1=COCCC1.F. The average Bonchev–Trinajstić information content (AvgIpc) is 1.72. The van der Waals surface area contributed by atoms with Crippen LogP contribution in [0.25, 0.3) is 0 Å². The Balaban J connectivity index is 0.000000360. The molecule has 0 aliphatic carbocycles. The molecule has 0 unspecified atom stereocenters. The highest BCUT2D eigenvalue weighted by Gasteiger charge is 1.86. The molecular formula is C5H9FO. The van der Waals surface area contributed by atoms with E-state index in [1.165, 1.54) is 12.8 Å². The van der Waals surface area contributed by atoms with Crippen LogP contribution in [0, 0.1) is 0 Å². The van der Waals surface area contributed by atoms with Gasteiger partial charge in [0.1, 0.15) is 0 Å². The van der Waals surface area contributed by atoms with Crippen LogP contribution < -0.4 is 0 Å². The van der Waals surface area contributed by atoms with Gasteiger partial charge in [-0.3, -0.25) is 4.70 Å². The first-order valence-corrected chi connectivity index (χ1v) is 2.27. The molecule has 0 saturated carbocycles. The molecule has 0 atom stereocenters. The normalized spacial score (nSPS) is 17.1. The lowest BCUT2D eigenvalue weighted by Crippen LogP contribution is -1.90. The number of hydrogen-bond donors (Lipinski definition) is 0. The van der Waals surface area contributed by atoms with Gasteiger partial charge in [-0.05, 0) is 18.9 Å².